The molecule has 1 fully saturated rings. The molecule has 3 rings (SSSR count). The van der Waals surface area contributed by atoms with Gasteiger partial charge in [0.1, 0.15) is 0 Å². The van der Waals surface area contributed by atoms with Crippen LogP contribution in [0.1, 0.15) is 47.1 Å². The second-order valence-electron chi connectivity index (χ2n) is 8.34. The number of piperazine rings is 1. The van der Waals surface area contributed by atoms with Crippen LogP contribution in [0.5, 0.6) is 0 Å². The molecule has 0 bridgehead atoms. The van der Waals surface area contributed by atoms with Gasteiger partial charge in [-0.25, -0.2) is 0 Å². The van der Waals surface area contributed by atoms with Crippen molar-refractivity contribution in [1.82, 2.24) is 15.1 Å². The van der Waals surface area contributed by atoms with E-state index in [1.807, 2.05) is 74.2 Å². The summed E-state index contributed by atoms with van der Waals surface area (Å²) in [7, 11) is 0. The molecule has 2 aromatic carbocycles. The summed E-state index contributed by atoms with van der Waals surface area (Å²) in [5.41, 5.74) is 2.29. The van der Waals surface area contributed by atoms with Crippen molar-refractivity contribution in [3.8, 4) is 0 Å². The predicted molar refractivity (Wildman–Crippen MR) is 111 cm³/mol. The van der Waals surface area contributed by atoms with E-state index >= 15 is 0 Å². The molecule has 5 heteroatoms. The lowest BCUT2D eigenvalue weighted by Crippen LogP contribution is -2.48. The van der Waals surface area contributed by atoms with Gasteiger partial charge < -0.3 is 10.2 Å². The van der Waals surface area contributed by atoms with Crippen molar-refractivity contribution >= 4 is 11.8 Å². The summed E-state index contributed by atoms with van der Waals surface area (Å²) in [5, 5.41) is 3.00. The minimum atomic E-state index is -0.255. The summed E-state index contributed by atoms with van der Waals surface area (Å²) in [6.45, 7) is 9.81. The first-order valence-corrected chi connectivity index (χ1v) is 9.80. The summed E-state index contributed by atoms with van der Waals surface area (Å²) < 4.78 is 0. The van der Waals surface area contributed by atoms with E-state index in [1.54, 1.807) is 0 Å². The van der Waals surface area contributed by atoms with Crippen molar-refractivity contribution in [1.29, 1.82) is 0 Å². The molecule has 1 heterocycles. The highest BCUT2D eigenvalue weighted by atomic mass is 16.2. The summed E-state index contributed by atoms with van der Waals surface area (Å²) in [6, 6.07) is 17.2. The van der Waals surface area contributed by atoms with E-state index in [4.69, 9.17) is 0 Å². The Labute approximate surface area is 167 Å². The first kappa shape index (κ1) is 20.1. The van der Waals surface area contributed by atoms with E-state index < -0.39 is 0 Å². The third kappa shape index (κ3) is 5.42. The maximum absolute atomic E-state index is 12.6. The van der Waals surface area contributed by atoms with Crippen molar-refractivity contribution in [2.45, 2.75) is 32.9 Å². The zero-order valence-corrected chi connectivity index (χ0v) is 16.9. The number of rotatable bonds is 4. The van der Waals surface area contributed by atoms with Crippen LogP contribution in [0.15, 0.2) is 54.6 Å². The summed E-state index contributed by atoms with van der Waals surface area (Å²) in [6.07, 6.45) is 0. The van der Waals surface area contributed by atoms with Crippen molar-refractivity contribution in [2.24, 2.45) is 0 Å². The lowest BCUT2D eigenvalue weighted by molar-refractivity contribution is 0.0628. The molecule has 0 aliphatic carbocycles. The number of hydrogen-bond acceptors (Lipinski definition) is 3. The van der Waals surface area contributed by atoms with E-state index in [9.17, 15) is 9.59 Å². The maximum atomic E-state index is 12.6. The van der Waals surface area contributed by atoms with Gasteiger partial charge >= 0.3 is 0 Å². The van der Waals surface area contributed by atoms with Gasteiger partial charge in [0.2, 0.25) is 0 Å². The Morgan fingerprint density at radius 1 is 0.893 bits per heavy atom. The highest BCUT2D eigenvalue weighted by molar-refractivity contribution is 5.95. The Kier molecular flexibility index (Phi) is 6.15. The average molecular weight is 380 g/mol. The molecule has 0 unspecified atom stereocenters. The molecule has 0 atom stereocenters. The molecule has 2 amide bonds. The van der Waals surface area contributed by atoms with Gasteiger partial charge in [-0.2, -0.15) is 0 Å². The van der Waals surface area contributed by atoms with Crippen LogP contribution >= 0.6 is 0 Å². The molecule has 0 radical (unpaired) electrons. The monoisotopic (exact) mass is 379 g/mol. The van der Waals surface area contributed by atoms with Crippen LogP contribution in [0.3, 0.4) is 0 Å². The zero-order chi connectivity index (χ0) is 20.1. The number of amides is 2. The molecule has 1 aliphatic heterocycles. The first-order valence-electron chi connectivity index (χ1n) is 9.80. The van der Waals surface area contributed by atoms with E-state index in [1.165, 1.54) is 0 Å². The van der Waals surface area contributed by atoms with Gasteiger partial charge in [-0.15, -0.1) is 0 Å². The van der Waals surface area contributed by atoms with Crippen LogP contribution in [0.25, 0.3) is 0 Å². The molecule has 0 spiro atoms. The Morgan fingerprint density at radius 2 is 1.54 bits per heavy atom. The Bertz CT molecular complexity index is 819. The minimum absolute atomic E-state index is 0.0485. The number of benzene rings is 2. The van der Waals surface area contributed by atoms with E-state index in [0.717, 1.165) is 43.9 Å². The normalized spacial score (nSPS) is 15.3. The van der Waals surface area contributed by atoms with Crippen molar-refractivity contribution in [2.75, 3.05) is 26.2 Å². The van der Waals surface area contributed by atoms with Gasteiger partial charge in [0, 0.05) is 49.4 Å². The van der Waals surface area contributed by atoms with Crippen molar-refractivity contribution < 1.29 is 9.59 Å². The van der Waals surface area contributed by atoms with Gasteiger partial charge in [-0.05, 0) is 50.6 Å². The van der Waals surface area contributed by atoms with Gasteiger partial charge in [0.15, 0.2) is 0 Å². The summed E-state index contributed by atoms with van der Waals surface area (Å²) in [5.74, 6) is 0.0497. The van der Waals surface area contributed by atoms with Crippen molar-refractivity contribution in [3.05, 3.63) is 71.3 Å². The molecule has 5 nitrogen and oxygen atoms in total. The third-order valence-corrected chi connectivity index (χ3v) is 4.76. The maximum Gasteiger partial charge on any atom is 0.253 e. The van der Waals surface area contributed by atoms with Gasteiger partial charge in [-0.3, -0.25) is 14.5 Å². The van der Waals surface area contributed by atoms with Crippen LogP contribution in [0.2, 0.25) is 0 Å². The molecule has 148 valence electrons. The third-order valence-electron chi connectivity index (χ3n) is 4.76. The predicted octanol–water partition coefficient (Wildman–Crippen LogP) is 3.17. The van der Waals surface area contributed by atoms with Crippen LogP contribution in [0, 0.1) is 0 Å². The van der Waals surface area contributed by atoms with Crippen LogP contribution in [-0.2, 0) is 6.54 Å². The molecular formula is C23H29N3O2. The highest BCUT2D eigenvalue weighted by Gasteiger charge is 2.22. The molecule has 1 N–H and O–H groups in total. The average Bonchev–Trinajstić information content (AvgIpc) is 2.68. The fraction of sp³-hybridized carbons (Fsp3) is 0.391. The molecule has 28 heavy (non-hydrogen) atoms. The minimum Gasteiger partial charge on any atom is -0.347 e. The van der Waals surface area contributed by atoms with Crippen LogP contribution in [0.4, 0.5) is 0 Å². The first-order chi connectivity index (χ1) is 13.3. The highest BCUT2D eigenvalue weighted by Crippen LogP contribution is 2.14. The quantitative estimate of drug-likeness (QED) is 0.888. The SMILES string of the molecule is CC(C)(C)NC(=O)c1cccc(CN2CCN(C(=O)c3ccccc3)CC2)c1. The molecular weight excluding hydrogens is 350 g/mol. The number of nitrogens with one attached hydrogen (secondary N) is 1. The van der Waals surface area contributed by atoms with Gasteiger partial charge in [0.05, 0.1) is 0 Å². The van der Waals surface area contributed by atoms with Gasteiger partial charge in [0.25, 0.3) is 11.8 Å². The Hall–Kier alpha value is -2.66. The molecule has 1 aliphatic rings. The standard InChI is InChI=1S/C23H29N3O2/c1-23(2,3)24-21(27)20-11-7-8-18(16-20)17-25-12-14-26(15-13-25)22(28)19-9-5-4-6-10-19/h4-11,16H,12-15,17H2,1-3H3,(H,24,27). The van der Waals surface area contributed by atoms with Crippen LogP contribution in [-0.4, -0.2) is 53.3 Å². The largest absolute Gasteiger partial charge is 0.347 e. The van der Waals surface area contributed by atoms with E-state index in [2.05, 4.69) is 16.3 Å². The zero-order valence-electron chi connectivity index (χ0n) is 16.9. The number of hydrogen-bond donors (Lipinski definition) is 1. The molecule has 0 saturated carbocycles. The fourth-order valence-corrected chi connectivity index (χ4v) is 3.35. The Balaban J connectivity index is 1.56. The molecule has 2 aromatic rings. The lowest BCUT2D eigenvalue weighted by atomic mass is 10.1. The van der Waals surface area contributed by atoms with E-state index in [0.29, 0.717) is 5.56 Å². The summed E-state index contributed by atoms with van der Waals surface area (Å²) >= 11 is 0. The molecule has 0 aromatic heterocycles. The van der Waals surface area contributed by atoms with Gasteiger partial charge in [-0.1, -0.05) is 30.3 Å². The Morgan fingerprint density at radius 3 is 2.18 bits per heavy atom. The number of carbonyl (C=O) groups excluding carboxylic acids is 2. The van der Waals surface area contributed by atoms with E-state index in [-0.39, 0.29) is 17.4 Å². The van der Waals surface area contributed by atoms with Crippen molar-refractivity contribution in [3.63, 3.8) is 0 Å². The van der Waals surface area contributed by atoms with Crippen LogP contribution < -0.4 is 5.32 Å². The topological polar surface area (TPSA) is 52.7 Å². The second kappa shape index (κ2) is 8.57. The lowest BCUT2D eigenvalue weighted by Gasteiger charge is -2.34. The molecule has 1 saturated heterocycles. The number of nitrogens with zero attached hydrogens (tertiary/aromatic N) is 2. The summed E-state index contributed by atoms with van der Waals surface area (Å²) in [4.78, 5) is 29.2. The second-order valence-corrected chi connectivity index (χ2v) is 8.34. The fourth-order valence-electron chi connectivity index (χ4n) is 3.35. The smallest absolute Gasteiger partial charge is 0.253 e. The number of carbonyl (C=O) groups is 2.